The molecular formula is C18H13Cl2NO4. The second-order valence-corrected chi connectivity index (χ2v) is 5.94. The van der Waals surface area contributed by atoms with Crippen LogP contribution in [0.2, 0.25) is 5.02 Å². The Morgan fingerprint density at radius 2 is 1.56 bits per heavy atom. The summed E-state index contributed by atoms with van der Waals surface area (Å²) in [4.78, 5) is 26.4. The molecule has 0 radical (unpaired) electrons. The summed E-state index contributed by atoms with van der Waals surface area (Å²) in [6, 6.07) is 11.5. The van der Waals surface area contributed by atoms with Crippen LogP contribution in [0, 0.1) is 0 Å². The van der Waals surface area contributed by atoms with Gasteiger partial charge in [-0.05, 0) is 24.3 Å². The Kier molecular flexibility index (Phi) is 4.70. The van der Waals surface area contributed by atoms with Crippen molar-refractivity contribution in [2.45, 2.75) is 0 Å². The van der Waals surface area contributed by atoms with E-state index in [1.54, 1.807) is 36.4 Å². The van der Waals surface area contributed by atoms with E-state index in [0.717, 1.165) is 4.90 Å². The van der Waals surface area contributed by atoms with Crippen LogP contribution in [0.25, 0.3) is 5.57 Å². The molecule has 7 heteroatoms. The highest BCUT2D eigenvalue weighted by atomic mass is 35.5. The molecule has 0 aromatic heterocycles. The van der Waals surface area contributed by atoms with E-state index >= 15 is 0 Å². The van der Waals surface area contributed by atoms with Crippen molar-refractivity contribution in [3.63, 3.8) is 0 Å². The minimum atomic E-state index is -0.617. The Morgan fingerprint density at radius 3 is 2.20 bits per heavy atom. The number of anilines is 1. The number of hydrogen-bond donors (Lipinski definition) is 0. The maximum Gasteiger partial charge on any atom is 0.277 e. The van der Waals surface area contributed by atoms with Crippen molar-refractivity contribution in [1.29, 1.82) is 0 Å². The summed E-state index contributed by atoms with van der Waals surface area (Å²) in [5.41, 5.74) is 0.857. The number of methoxy groups -OCH3 is 2. The second-order valence-electron chi connectivity index (χ2n) is 5.15. The number of para-hydroxylation sites is 1. The predicted octanol–water partition coefficient (Wildman–Crippen LogP) is 3.88. The van der Waals surface area contributed by atoms with Gasteiger partial charge >= 0.3 is 0 Å². The third-order valence-electron chi connectivity index (χ3n) is 3.80. The average Bonchev–Trinajstić information content (AvgIpc) is 2.84. The minimum absolute atomic E-state index is 0.0936. The van der Waals surface area contributed by atoms with Gasteiger partial charge in [-0.1, -0.05) is 41.4 Å². The molecule has 0 unspecified atom stereocenters. The van der Waals surface area contributed by atoms with Crippen molar-refractivity contribution in [3.8, 4) is 11.5 Å². The Labute approximate surface area is 154 Å². The van der Waals surface area contributed by atoms with Crippen LogP contribution in [0.5, 0.6) is 11.5 Å². The molecule has 0 N–H and O–H groups in total. The molecule has 3 rings (SSSR count). The summed E-state index contributed by atoms with van der Waals surface area (Å²) in [5.74, 6) is -0.269. The van der Waals surface area contributed by atoms with E-state index in [1.807, 2.05) is 0 Å². The number of benzene rings is 2. The van der Waals surface area contributed by atoms with Gasteiger partial charge in [0.05, 0.1) is 30.5 Å². The molecule has 25 heavy (non-hydrogen) atoms. The van der Waals surface area contributed by atoms with E-state index in [4.69, 9.17) is 32.7 Å². The van der Waals surface area contributed by atoms with E-state index in [-0.39, 0.29) is 15.6 Å². The van der Waals surface area contributed by atoms with Crippen molar-refractivity contribution in [2.75, 3.05) is 19.1 Å². The van der Waals surface area contributed by atoms with Crippen molar-refractivity contribution in [2.24, 2.45) is 0 Å². The number of ether oxygens (including phenoxy) is 2. The first kappa shape index (κ1) is 17.3. The molecule has 0 saturated heterocycles. The van der Waals surface area contributed by atoms with E-state index in [9.17, 15) is 9.59 Å². The molecular weight excluding hydrogens is 365 g/mol. The quantitative estimate of drug-likeness (QED) is 0.758. The van der Waals surface area contributed by atoms with Gasteiger partial charge in [0.1, 0.15) is 16.5 Å². The fourth-order valence-corrected chi connectivity index (χ4v) is 3.14. The number of amides is 2. The number of carbonyl (C=O) groups is 2. The van der Waals surface area contributed by atoms with Gasteiger partial charge in [-0.2, -0.15) is 0 Å². The molecule has 2 aromatic carbocycles. The lowest BCUT2D eigenvalue weighted by Gasteiger charge is -2.16. The first-order valence-electron chi connectivity index (χ1n) is 7.25. The van der Waals surface area contributed by atoms with Gasteiger partial charge in [0, 0.05) is 5.56 Å². The molecule has 5 nitrogen and oxygen atoms in total. The van der Waals surface area contributed by atoms with Gasteiger partial charge in [-0.15, -0.1) is 0 Å². The number of carbonyl (C=O) groups excluding carboxylic acids is 2. The molecule has 0 bridgehead atoms. The second kappa shape index (κ2) is 6.78. The molecule has 0 fully saturated rings. The zero-order chi connectivity index (χ0) is 18.1. The summed E-state index contributed by atoms with van der Waals surface area (Å²) < 4.78 is 10.4. The highest BCUT2D eigenvalue weighted by Gasteiger charge is 2.40. The summed E-state index contributed by atoms with van der Waals surface area (Å²) in [6.45, 7) is 0. The van der Waals surface area contributed by atoms with Crippen LogP contribution in [0.15, 0.2) is 47.5 Å². The van der Waals surface area contributed by atoms with Gasteiger partial charge < -0.3 is 9.47 Å². The highest BCUT2D eigenvalue weighted by molar-refractivity contribution is 6.60. The van der Waals surface area contributed by atoms with Crippen molar-refractivity contribution in [3.05, 3.63) is 58.1 Å². The Balaban J connectivity index is 2.07. The lowest BCUT2D eigenvalue weighted by atomic mass is 10.1. The average molecular weight is 378 g/mol. The molecule has 1 aliphatic rings. The van der Waals surface area contributed by atoms with E-state index in [1.165, 1.54) is 20.3 Å². The highest BCUT2D eigenvalue weighted by Crippen LogP contribution is 2.39. The lowest BCUT2D eigenvalue weighted by molar-refractivity contribution is -0.119. The smallest absolute Gasteiger partial charge is 0.277 e. The Hall–Kier alpha value is -2.50. The van der Waals surface area contributed by atoms with Crippen molar-refractivity contribution in [1.82, 2.24) is 0 Å². The maximum atomic E-state index is 12.9. The SMILES string of the molecule is COc1ccc(N2C(=O)C(Cl)=C(c3ccccc3OC)C2=O)cc1Cl. The van der Waals surface area contributed by atoms with E-state index in [2.05, 4.69) is 0 Å². The minimum Gasteiger partial charge on any atom is -0.496 e. The summed E-state index contributed by atoms with van der Waals surface area (Å²) in [7, 11) is 2.96. The van der Waals surface area contributed by atoms with E-state index < -0.39 is 11.8 Å². The van der Waals surface area contributed by atoms with Crippen molar-refractivity contribution >= 4 is 46.3 Å². The van der Waals surface area contributed by atoms with Gasteiger partial charge in [0.2, 0.25) is 0 Å². The number of hydrogen-bond acceptors (Lipinski definition) is 4. The number of nitrogens with zero attached hydrogens (tertiary/aromatic N) is 1. The monoisotopic (exact) mass is 377 g/mol. The first-order valence-corrected chi connectivity index (χ1v) is 8.00. The molecule has 1 aliphatic heterocycles. The predicted molar refractivity (Wildman–Crippen MR) is 96.3 cm³/mol. The van der Waals surface area contributed by atoms with Gasteiger partial charge in [-0.25, -0.2) is 4.90 Å². The largest absolute Gasteiger partial charge is 0.496 e. The summed E-state index contributed by atoms with van der Waals surface area (Å²) >= 11 is 12.3. The zero-order valence-electron chi connectivity index (χ0n) is 13.4. The zero-order valence-corrected chi connectivity index (χ0v) is 14.9. The Morgan fingerprint density at radius 1 is 0.880 bits per heavy atom. The molecule has 128 valence electrons. The topological polar surface area (TPSA) is 55.8 Å². The van der Waals surface area contributed by atoms with Crippen LogP contribution in [0.3, 0.4) is 0 Å². The van der Waals surface area contributed by atoms with Crippen LogP contribution < -0.4 is 14.4 Å². The van der Waals surface area contributed by atoms with E-state index in [0.29, 0.717) is 22.7 Å². The fourth-order valence-electron chi connectivity index (χ4n) is 2.62. The first-order chi connectivity index (χ1) is 12.0. The number of imide groups is 1. The molecule has 0 aliphatic carbocycles. The van der Waals surface area contributed by atoms with Crippen LogP contribution in [-0.2, 0) is 9.59 Å². The molecule has 0 spiro atoms. The molecule has 0 saturated carbocycles. The molecule has 2 aromatic rings. The molecule has 1 heterocycles. The molecule has 2 amide bonds. The third kappa shape index (κ3) is 2.86. The lowest BCUT2D eigenvalue weighted by Crippen LogP contribution is -2.31. The Bertz CT molecular complexity index is 908. The standard InChI is InChI=1S/C18H13Cl2NO4/c1-24-13-6-4-3-5-11(13)15-16(20)18(23)21(17(15)22)10-7-8-14(25-2)12(19)9-10/h3-9H,1-2H3. The van der Waals surface area contributed by atoms with Gasteiger partial charge in [0.25, 0.3) is 11.8 Å². The molecule has 0 atom stereocenters. The van der Waals surface area contributed by atoms with Crippen LogP contribution in [0.4, 0.5) is 5.69 Å². The van der Waals surface area contributed by atoms with Crippen LogP contribution in [-0.4, -0.2) is 26.0 Å². The number of halogens is 2. The number of rotatable bonds is 4. The third-order valence-corrected chi connectivity index (χ3v) is 4.44. The van der Waals surface area contributed by atoms with Gasteiger partial charge in [0.15, 0.2) is 0 Å². The summed E-state index contributed by atoms with van der Waals surface area (Å²) in [5, 5.41) is 0.115. The normalized spacial score (nSPS) is 14.3. The maximum absolute atomic E-state index is 12.9. The van der Waals surface area contributed by atoms with Crippen LogP contribution >= 0.6 is 23.2 Å². The summed E-state index contributed by atoms with van der Waals surface area (Å²) in [6.07, 6.45) is 0. The van der Waals surface area contributed by atoms with Crippen LogP contribution in [0.1, 0.15) is 5.56 Å². The fraction of sp³-hybridized carbons (Fsp3) is 0.111. The van der Waals surface area contributed by atoms with Crippen molar-refractivity contribution < 1.29 is 19.1 Å². The van der Waals surface area contributed by atoms with Gasteiger partial charge in [-0.3, -0.25) is 9.59 Å².